The number of benzene rings is 2. The third-order valence-electron chi connectivity index (χ3n) is 4.19. The first kappa shape index (κ1) is 23.5. The van der Waals surface area contributed by atoms with Crippen LogP contribution < -0.4 is 15.4 Å². The minimum Gasteiger partial charge on any atom is -0.330 e. The van der Waals surface area contributed by atoms with Gasteiger partial charge in [-0.2, -0.15) is 0 Å². The summed E-state index contributed by atoms with van der Waals surface area (Å²) in [6.45, 7) is 3.62. The lowest BCUT2D eigenvalue weighted by Crippen LogP contribution is -2.20. The molecule has 1 aromatic heterocycles. The molecule has 3 aromatic rings. The van der Waals surface area contributed by atoms with E-state index in [4.69, 9.17) is 11.6 Å². The second-order valence-corrected chi connectivity index (χ2v) is 10.9. The van der Waals surface area contributed by atoms with Crippen molar-refractivity contribution in [2.24, 2.45) is 0 Å². The maximum absolute atomic E-state index is 12.3. The molecule has 1 heterocycles. The lowest BCUT2D eigenvalue weighted by Gasteiger charge is -2.10. The normalized spacial score (nSPS) is 11.4. The first-order valence-electron chi connectivity index (χ1n) is 9.01. The summed E-state index contributed by atoms with van der Waals surface area (Å²) in [5, 5.41) is 15.2. The topological polar surface area (TPSA) is 113 Å². The molecule has 0 aliphatic rings. The second-order valence-electron chi connectivity index (χ2n) is 6.49. The number of hydrogen-bond donors (Lipinski definition) is 3. The molecule has 3 N–H and O–H groups in total. The summed E-state index contributed by atoms with van der Waals surface area (Å²) >= 11 is 8.68. The van der Waals surface area contributed by atoms with Crippen LogP contribution >= 0.6 is 34.7 Å². The van der Waals surface area contributed by atoms with Gasteiger partial charge in [0.05, 0.1) is 10.6 Å². The fraction of sp³-hybridized carbons (Fsp3) is 0.211. The molecule has 0 spiro atoms. The number of rotatable bonds is 8. The average molecular weight is 498 g/mol. The Morgan fingerprint density at radius 3 is 2.52 bits per heavy atom. The molecule has 0 saturated heterocycles. The summed E-state index contributed by atoms with van der Waals surface area (Å²) in [5.74, 6) is -0.177. The van der Waals surface area contributed by atoms with Crippen molar-refractivity contribution in [2.45, 2.75) is 23.1 Å². The summed E-state index contributed by atoms with van der Waals surface area (Å²) in [6, 6.07) is 10.3. The standard InChI is InChI=1S/C19H20ClN5O3S3/c1-11-4-6-13(8-15(11)20)23-18-24-25-19(30-18)29-10-17(26)22-14-7-5-12(2)16(9-14)31(27,28)21-3/h4-9,21H,10H2,1-3H3,(H,22,26)(H,23,24). The zero-order chi connectivity index (χ0) is 22.6. The van der Waals surface area contributed by atoms with Crippen LogP contribution in [0.3, 0.4) is 0 Å². The van der Waals surface area contributed by atoms with Gasteiger partial charge in [-0.1, -0.05) is 46.8 Å². The largest absolute Gasteiger partial charge is 0.330 e. The highest BCUT2D eigenvalue weighted by atomic mass is 35.5. The predicted octanol–water partition coefficient (Wildman–Crippen LogP) is 4.19. The van der Waals surface area contributed by atoms with Gasteiger partial charge in [0.15, 0.2) is 4.34 Å². The molecule has 0 radical (unpaired) electrons. The molecule has 1 amide bonds. The number of aryl methyl sites for hydroxylation is 2. The zero-order valence-corrected chi connectivity index (χ0v) is 20.1. The monoisotopic (exact) mass is 497 g/mol. The van der Waals surface area contributed by atoms with Crippen LogP contribution in [-0.2, 0) is 14.8 Å². The van der Waals surface area contributed by atoms with E-state index in [1.807, 2.05) is 25.1 Å². The van der Waals surface area contributed by atoms with Crippen molar-refractivity contribution in [3.05, 3.63) is 52.5 Å². The van der Waals surface area contributed by atoms with Crippen LogP contribution in [-0.4, -0.2) is 37.3 Å². The van der Waals surface area contributed by atoms with Gasteiger partial charge in [0.2, 0.25) is 21.1 Å². The van der Waals surface area contributed by atoms with Gasteiger partial charge >= 0.3 is 0 Å². The number of nitrogens with zero attached hydrogens (tertiary/aromatic N) is 2. The Labute approximate surface area is 193 Å². The van der Waals surface area contributed by atoms with Crippen molar-refractivity contribution in [1.82, 2.24) is 14.9 Å². The molecule has 2 aromatic carbocycles. The van der Waals surface area contributed by atoms with E-state index in [2.05, 4.69) is 25.6 Å². The third-order valence-corrected chi connectivity index (χ3v) is 8.12. The van der Waals surface area contributed by atoms with Gasteiger partial charge in [0.25, 0.3) is 0 Å². The highest BCUT2D eigenvalue weighted by molar-refractivity contribution is 8.01. The van der Waals surface area contributed by atoms with E-state index in [0.29, 0.717) is 25.7 Å². The molecule has 3 rings (SSSR count). The first-order valence-corrected chi connectivity index (χ1v) is 12.7. The van der Waals surface area contributed by atoms with Crippen LogP contribution in [0, 0.1) is 13.8 Å². The number of aromatic nitrogens is 2. The van der Waals surface area contributed by atoms with Crippen LogP contribution in [0.2, 0.25) is 5.02 Å². The molecule has 0 saturated carbocycles. The maximum Gasteiger partial charge on any atom is 0.240 e. The Balaban J connectivity index is 1.58. The zero-order valence-electron chi connectivity index (χ0n) is 16.9. The molecule has 31 heavy (non-hydrogen) atoms. The first-order chi connectivity index (χ1) is 14.7. The summed E-state index contributed by atoms with van der Waals surface area (Å²) in [4.78, 5) is 12.4. The van der Waals surface area contributed by atoms with E-state index in [1.165, 1.54) is 36.2 Å². The lowest BCUT2D eigenvalue weighted by atomic mass is 10.2. The molecule has 0 atom stereocenters. The number of amides is 1. The minimum atomic E-state index is -3.61. The highest BCUT2D eigenvalue weighted by Gasteiger charge is 2.16. The maximum atomic E-state index is 12.3. The van der Waals surface area contributed by atoms with Crippen LogP contribution in [0.5, 0.6) is 0 Å². The Kier molecular flexibility index (Phi) is 7.55. The minimum absolute atomic E-state index is 0.104. The van der Waals surface area contributed by atoms with Gasteiger partial charge in [-0.3, -0.25) is 4.79 Å². The van der Waals surface area contributed by atoms with Crippen LogP contribution in [0.25, 0.3) is 0 Å². The van der Waals surface area contributed by atoms with Crippen molar-refractivity contribution in [3.8, 4) is 0 Å². The number of thioether (sulfide) groups is 1. The van der Waals surface area contributed by atoms with E-state index in [-0.39, 0.29) is 16.6 Å². The van der Waals surface area contributed by atoms with Crippen LogP contribution in [0.1, 0.15) is 11.1 Å². The molecule has 0 aliphatic carbocycles. The molecular formula is C19H20ClN5O3S3. The average Bonchev–Trinajstić information content (AvgIpc) is 3.18. The van der Waals surface area contributed by atoms with E-state index in [1.54, 1.807) is 19.1 Å². The molecule has 0 fully saturated rings. The van der Waals surface area contributed by atoms with E-state index >= 15 is 0 Å². The Morgan fingerprint density at radius 1 is 1.10 bits per heavy atom. The van der Waals surface area contributed by atoms with Gasteiger partial charge in [-0.25, -0.2) is 13.1 Å². The fourth-order valence-electron chi connectivity index (χ4n) is 2.51. The summed E-state index contributed by atoms with van der Waals surface area (Å²) in [5.41, 5.74) is 2.77. The smallest absolute Gasteiger partial charge is 0.240 e. The van der Waals surface area contributed by atoms with Crippen LogP contribution in [0.4, 0.5) is 16.5 Å². The summed E-state index contributed by atoms with van der Waals surface area (Å²) < 4.78 is 27.1. The van der Waals surface area contributed by atoms with Gasteiger partial charge in [0, 0.05) is 16.4 Å². The third kappa shape index (κ3) is 6.17. The number of sulfonamides is 1. The van der Waals surface area contributed by atoms with Crippen molar-refractivity contribution in [1.29, 1.82) is 0 Å². The number of nitrogens with one attached hydrogen (secondary N) is 3. The number of halogens is 1. The SMILES string of the molecule is CNS(=O)(=O)c1cc(NC(=O)CSc2nnc(Nc3ccc(C)c(Cl)c3)s2)ccc1C. The highest BCUT2D eigenvalue weighted by Crippen LogP contribution is 2.29. The summed E-state index contributed by atoms with van der Waals surface area (Å²) in [7, 11) is -2.27. The Bertz CT molecular complexity index is 1210. The quantitative estimate of drug-likeness (QED) is 0.400. The van der Waals surface area contributed by atoms with Crippen LogP contribution in [0.15, 0.2) is 45.6 Å². The number of hydrogen-bond acceptors (Lipinski definition) is 8. The Hall–Kier alpha value is -2.18. The van der Waals surface area contributed by atoms with E-state index < -0.39 is 10.0 Å². The Morgan fingerprint density at radius 2 is 1.81 bits per heavy atom. The molecule has 0 aliphatic heterocycles. The summed E-state index contributed by atoms with van der Waals surface area (Å²) in [6.07, 6.45) is 0. The van der Waals surface area contributed by atoms with Gasteiger partial charge in [0.1, 0.15) is 0 Å². The van der Waals surface area contributed by atoms with E-state index in [9.17, 15) is 13.2 Å². The lowest BCUT2D eigenvalue weighted by molar-refractivity contribution is -0.113. The number of carbonyl (C=O) groups excluding carboxylic acids is 1. The molecule has 12 heteroatoms. The number of carbonyl (C=O) groups is 1. The molecule has 0 bridgehead atoms. The number of anilines is 3. The molecular weight excluding hydrogens is 478 g/mol. The van der Waals surface area contributed by atoms with Gasteiger partial charge in [-0.15, -0.1) is 10.2 Å². The fourth-order valence-corrected chi connectivity index (χ4v) is 5.26. The molecule has 0 unspecified atom stereocenters. The van der Waals surface area contributed by atoms with Crippen molar-refractivity contribution < 1.29 is 13.2 Å². The molecule has 8 nitrogen and oxygen atoms in total. The van der Waals surface area contributed by atoms with E-state index in [0.717, 1.165) is 11.3 Å². The van der Waals surface area contributed by atoms with Gasteiger partial charge < -0.3 is 10.6 Å². The van der Waals surface area contributed by atoms with Crippen molar-refractivity contribution in [3.63, 3.8) is 0 Å². The molecule has 164 valence electrons. The predicted molar refractivity (Wildman–Crippen MR) is 126 cm³/mol. The van der Waals surface area contributed by atoms with Crippen molar-refractivity contribution in [2.75, 3.05) is 23.4 Å². The van der Waals surface area contributed by atoms with Gasteiger partial charge in [-0.05, 0) is 56.3 Å². The van der Waals surface area contributed by atoms with Crippen molar-refractivity contribution >= 4 is 67.1 Å². The second kappa shape index (κ2) is 9.96.